The van der Waals surface area contributed by atoms with Gasteiger partial charge in [-0.2, -0.15) is 13.2 Å². The van der Waals surface area contributed by atoms with Crippen LogP contribution in [0.2, 0.25) is 18.1 Å². The third-order valence-electron chi connectivity index (χ3n) is 3.27. The normalized spacial score (nSPS) is 15.6. The molecule has 0 fully saturated rings. The average Bonchev–Trinajstić information content (AvgIpc) is 2.57. The van der Waals surface area contributed by atoms with Crippen LogP contribution < -0.4 is 0 Å². The summed E-state index contributed by atoms with van der Waals surface area (Å²) in [5.41, 5.74) is 0. The van der Waals surface area contributed by atoms with Crippen LogP contribution in [0.1, 0.15) is 31.8 Å². The van der Waals surface area contributed by atoms with E-state index in [1.807, 2.05) is 33.9 Å². The minimum Gasteiger partial charge on any atom is -0.401 e. The molecule has 2 nitrogen and oxygen atoms in total. The van der Waals surface area contributed by atoms with Crippen LogP contribution in [0.25, 0.3) is 0 Å². The Bertz CT molecular complexity index is 442. The van der Waals surface area contributed by atoms with Crippen molar-refractivity contribution in [1.82, 2.24) is 4.98 Å². The number of alkyl halides is 3. The highest BCUT2D eigenvalue weighted by Crippen LogP contribution is 2.46. The van der Waals surface area contributed by atoms with Gasteiger partial charge in [0.15, 0.2) is 18.3 Å². The minimum atomic E-state index is -4.43. The number of nitrogens with zero attached hydrogens (tertiary/aromatic N) is 1. The molecule has 0 unspecified atom stereocenters. The molecule has 1 rings (SSSR count). The molecular weight excluding hydrogens is 359 g/mol. The van der Waals surface area contributed by atoms with E-state index in [4.69, 9.17) is 4.43 Å². The van der Waals surface area contributed by atoms with Gasteiger partial charge in [0, 0.05) is 6.20 Å². The molecule has 0 aliphatic rings. The van der Waals surface area contributed by atoms with E-state index < -0.39 is 20.6 Å². The zero-order chi connectivity index (χ0) is 15.1. The molecule has 0 spiro atoms. The van der Waals surface area contributed by atoms with Crippen LogP contribution >= 0.6 is 27.3 Å². The highest BCUT2D eigenvalue weighted by molar-refractivity contribution is 9.11. The summed E-state index contributed by atoms with van der Waals surface area (Å²) in [5, 5.41) is -0.279. The molecule has 0 aliphatic heterocycles. The van der Waals surface area contributed by atoms with Crippen molar-refractivity contribution < 1.29 is 17.6 Å². The van der Waals surface area contributed by atoms with Crippen LogP contribution in [-0.4, -0.2) is 19.5 Å². The van der Waals surface area contributed by atoms with E-state index in [2.05, 4.69) is 20.9 Å². The summed E-state index contributed by atoms with van der Waals surface area (Å²) < 4.78 is 45.5. The predicted octanol–water partition coefficient (Wildman–Crippen LogP) is 5.53. The third-order valence-corrected chi connectivity index (χ3v) is 9.23. The first kappa shape index (κ1) is 17.1. The van der Waals surface area contributed by atoms with Gasteiger partial charge in [-0.15, -0.1) is 11.3 Å². The Labute approximate surface area is 124 Å². The molecule has 0 aromatic carbocycles. The van der Waals surface area contributed by atoms with Crippen molar-refractivity contribution in [3.63, 3.8) is 0 Å². The second-order valence-corrected chi connectivity index (χ2v) is 12.9. The van der Waals surface area contributed by atoms with Crippen molar-refractivity contribution in [3.05, 3.63) is 15.0 Å². The highest BCUT2D eigenvalue weighted by Gasteiger charge is 2.49. The van der Waals surface area contributed by atoms with Gasteiger partial charge in [0.25, 0.3) is 0 Å². The van der Waals surface area contributed by atoms with Crippen molar-refractivity contribution >= 4 is 35.6 Å². The third kappa shape index (κ3) is 4.27. The Morgan fingerprint density at radius 2 is 1.84 bits per heavy atom. The smallest absolute Gasteiger partial charge is 0.401 e. The van der Waals surface area contributed by atoms with Gasteiger partial charge < -0.3 is 4.43 Å². The fourth-order valence-corrected chi connectivity index (χ4v) is 3.79. The first-order valence-corrected chi connectivity index (χ1v) is 10.2. The van der Waals surface area contributed by atoms with Gasteiger partial charge in [-0.1, -0.05) is 20.8 Å². The molecule has 0 aliphatic carbocycles. The lowest BCUT2D eigenvalue weighted by molar-refractivity contribution is -0.200. The lowest BCUT2D eigenvalue weighted by Crippen LogP contribution is -2.44. The minimum absolute atomic E-state index is 0.0872. The molecule has 1 heterocycles. The Kier molecular flexibility index (Phi) is 4.92. The largest absolute Gasteiger partial charge is 0.418 e. The van der Waals surface area contributed by atoms with E-state index in [-0.39, 0.29) is 9.92 Å². The number of rotatable bonds is 3. The van der Waals surface area contributed by atoms with Crippen LogP contribution in [0.5, 0.6) is 0 Å². The molecule has 8 heteroatoms. The Hall–Kier alpha value is 0.0769. The zero-order valence-corrected chi connectivity index (χ0v) is 14.8. The molecule has 19 heavy (non-hydrogen) atoms. The summed E-state index contributed by atoms with van der Waals surface area (Å²) in [6.45, 7) is 9.35. The molecule has 0 saturated heterocycles. The molecule has 0 N–H and O–H groups in total. The van der Waals surface area contributed by atoms with E-state index in [1.54, 1.807) is 0 Å². The van der Waals surface area contributed by atoms with Crippen LogP contribution in [0.15, 0.2) is 10.1 Å². The van der Waals surface area contributed by atoms with Gasteiger partial charge in [-0.25, -0.2) is 4.98 Å². The summed E-state index contributed by atoms with van der Waals surface area (Å²) in [7, 11) is -2.51. The van der Waals surface area contributed by atoms with E-state index in [0.29, 0.717) is 3.92 Å². The maximum absolute atomic E-state index is 13.2. The van der Waals surface area contributed by atoms with Gasteiger partial charge in [-0.3, -0.25) is 0 Å². The SMILES string of the molecule is CC(C)(C)[Si](C)(C)O[C@H](c1cnc(Br)s1)C(F)(F)F. The number of hydrogen-bond acceptors (Lipinski definition) is 3. The second kappa shape index (κ2) is 5.46. The van der Waals surface area contributed by atoms with Gasteiger partial charge >= 0.3 is 6.18 Å². The van der Waals surface area contributed by atoms with E-state index in [0.717, 1.165) is 11.3 Å². The quantitative estimate of drug-likeness (QED) is 0.647. The fraction of sp³-hybridized carbons (Fsp3) is 0.727. The molecular formula is C11H17BrF3NOSSi. The number of halogens is 4. The van der Waals surface area contributed by atoms with Crippen LogP contribution in [0, 0.1) is 0 Å². The molecule has 1 aromatic rings. The second-order valence-electron chi connectivity index (χ2n) is 5.82. The maximum Gasteiger partial charge on any atom is 0.418 e. The first-order valence-electron chi connectivity index (χ1n) is 5.70. The van der Waals surface area contributed by atoms with Crippen LogP contribution in [-0.2, 0) is 4.43 Å². The Balaban J connectivity index is 3.08. The van der Waals surface area contributed by atoms with E-state index in [1.165, 1.54) is 6.20 Å². The summed E-state index contributed by atoms with van der Waals surface area (Å²) in [4.78, 5) is 3.90. The molecule has 0 amide bonds. The van der Waals surface area contributed by atoms with E-state index >= 15 is 0 Å². The zero-order valence-electron chi connectivity index (χ0n) is 11.4. The van der Waals surface area contributed by atoms with Gasteiger partial charge in [0.1, 0.15) is 0 Å². The number of hydrogen-bond donors (Lipinski definition) is 0. The molecule has 0 radical (unpaired) electrons. The van der Waals surface area contributed by atoms with Gasteiger partial charge in [0.05, 0.1) is 4.88 Å². The van der Waals surface area contributed by atoms with Crippen LogP contribution in [0.3, 0.4) is 0 Å². The lowest BCUT2D eigenvalue weighted by Gasteiger charge is -2.39. The number of thiazole rings is 1. The van der Waals surface area contributed by atoms with Crippen molar-refractivity contribution in [2.75, 3.05) is 0 Å². The standard InChI is InChI=1S/C11H17BrF3NOSSi/c1-10(2,3)19(4,5)17-8(11(13,14)15)7-6-16-9(12)18-7/h6,8H,1-5H3/t8-/m1/s1. The topological polar surface area (TPSA) is 22.1 Å². The highest BCUT2D eigenvalue weighted by atomic mass is 79.9. The summed E-state index contributed by atoms with van der Waals surface area (Å²) in [6, 6.07) is 0. The summed E-state index contributed by atoms with van der Waals surface area (Å²) >= 11 is 4.04. The van der Waals surface area contributed by atoms with Crippen LogP contribution in [0.4, 0.5) is 13.2 Å². The maximum atomic E-state index is 13.2. The fourth-order valence-electron chi connectivity index (χ4n) is 1.14. The molecule has 1 atom stereocenters. The first-order chi connectivity index (χ1) is 8.34. The predicted molar refractivity (Wildman–Crippen MR) is 76.9 cm³/mol. The molecule has 110 valence electrons. The van der Waals surface area contributed by atoms with Crippen molar-refractivity contribution in [3.8, 4) is 0 Å². The van der Waals surface area contributed by atoms with Gasteiger partial charge in [-0.05, 0) is 34.1 Å². The van der Waals surface area contributed by atoms with Crippen molar-refractivity contribution in [2.45, 2.75) is 51.2 Å². The average molecular weight is 376 g/mol. The molecule has 0 bridgehead atoms. The Morgan fingerprint density at radius 1 is 1.32 bits per heavy atom. The van der Waals surface area contributed by atoms with Gasteiger partial charge in [0.2, 0.25) is 0 Å². The van der Waals surface area contributed by atoms with Crippen molar-refractivity contribution in [2.24, 2.45) is 0 Å². The van der Waals surface area contributed by atoms with E-state index in [9.17, 15) is 13.2 Å². The molecule has 1 aromatic heterocycles. The lowest BCUT2D eigenvalue weighted by atomic mass is 10.2. The number of aromatic nitrogens is 1. The Morgan fingerprint density at radius 3 is 2.16 bits per heavy atom. The molecule has 0 saturated carbocycles. The van der Waals surface area contributed by atoms with Crippen molar-refractivity contribution in [1.29, 1.82) is 0 Å². The monoisotopic (exact) mass is 375 g/mol. The summed E-state index contributed by atoms with van der Waals surface area (Å²) in [5.74, 6) is 0. The summed E-state index contributed by atoms with van der Waals surface area (Å²) in [6.07, 6.45) is -5.10.